The van der Waals surface area contributed by atoms with Gasteiger partial charge in [0.05, 0.1) is 13.2 Å². The number of hydrogen-bond acceptors (Lipinski definition) is 2. The number of rotatable bonds is 7. The van der Waals surface area contributed by atoms with Crippen LogP contribution < -0.4 is 9.47 Å². The van der Waals surface area contributed by atoms with Gasteiger partial charge in [0, 0.05) is 15.9 Å². The molecule has 0 aliphatic heterocycles. The zero-order valence-electron chi connectivity index (χ0n) is 12.9. The molecule has 114 valence electrons. The Balaban J connectivity index is 3.17. The topological polar surface area (TPSA) is 18.5 Å². The maximum Gasteiger partial charge on any atom is 0.162 e. The van der Waals surface area contributed by atoms with Crippen LogP contribution in [0.1, 0.15) is 45.0 Å². The molecular weight excluding hydrogens is 340 g/mol. The minimum atomic E-state index is 0.199. The van der Waals surface area contributed by atoms with Gasteiger partial charge in [-0.2, -0.15) is 0 Å². The number of hydrogen-bond donors (Lipinski definition) is 0. The molecule has 0 fully saturated rings. The van der Waals surface area contributed by atoms with Gasteiger partial charge in [0.25, 0.3) is 0 Å². The predicted octanol–water partition coefficient (Wildman–Crippen LogP) is 5.87. The molecule has 0 amide bonds. The summed E-state index contributed by atoms with van der Waals surface area (Å²) in [6, 6.07) is 3.85. The van der Waals surface area contributed by atoms with Gasteiger partial charge in [-0.05, 0) is 37.3 Å². The van der Waals surface area contributed by atoms with E-state index in [1.54, 1.807) is 0 Å². The van der Waals surface area contributed by atoms with E-state index in [1.807, 2.05) is 26.0 Å². The fraction of sp³-hybridized carbons (Fsp3) is 0.625. The van der Waals surface area contributed by atoms with Gasteiger partial charge in [0.15, 0.2) is 11.5 Å². The van der Waals surface area contributed by atoms with Crippen molar-refractivity contribution in [2.75, 3.05) is 13.2 Å². The third kappa shape index (κ3) is 4.29. The van der Waals surface area contributed by atoms with Crippen LogP contribution >= 0.6 is 27.5 Å². The zero-order chi connectivity index (χ0) is 15.3. The average Bonchev–Trinajstić information content (AvgIpc) is 2.40. The van der Waals surface area contributed by atoms with Gasteiger partial charge in [-0.15, -0.1) is 0 Å². The fourth-order valence-corrected chi connectivity index (χ4v) is 3.31. The van der Waals surface area contributed by atoms with Gasteiger partial charge in [-0.3, -0.25) is 0 Å². The Bertz CT molecular complexity index is 435. The molecule has 4 heteroatoms. The first-order valence-corrected chi connectivity index (χ1v) is 8.44. The second-order valence-corrected chi connectivity index (χ2v) is 6.59. The lowest BCUT2D eigenvalue weighted by molar-refractivity contribution is 0.287. The van der Waals surface area contributed by atoms with Crippen molar-refractivity contribution in [1.82, 2.24) is 0 Å². The number of alkyl halides is 1. The molecule has 20 heavy (non-hydrogen) atoms. The Hall–Kier alpha value is -0.410. The van der Waals surface area contributed by atoms with E-state index in [0.29, 0.717) is 35.8 Å². The van der Waals surface area contributed by atoms with E-state index in [9.17, 15) is 0 Å². The highest BCUT2D eigenvalue weighted by atomic mass is 79.9. The Labute approximate surface area is 135 Å². The summed E-state index contributed by atoms with van der Waals surface area (Å²) in [7, 11) is 0. The molecule has 0 aromatic heterocycles. The maximum atomic E-state index is 6.42. The van der Waals surface area contributed by atoms with Crippen molar-refractivity contribution in [3.05, 3.63) is 22.7 Å². The first kappa shape index (κ1) is 17.6. The molecule has 0 bridgehead atoms. The first-order valence-electron chi connectivity index (χ1n) is 7.15. The summed E-state index contributed by atoms with van der Waals surface area (Å²) in [4.78, 5) is 0.199. The Morgan fingerprint density at radius 3 is 2.00 bits per heavy atom. The SMILES string of the molecule is CCOc1cc(Cl)c(C(Br)C(C)C(C)C)cc1OCC. The van der Waals surface area contributed by atoms with Gasteiger partial charge >= 0.3 is 0 Å². The van der Waals surface area contributed by atoms with E-state index in [1.165, 1.54) is 0 Å². The van der Waals surface area contributed by atoms with Crippen molar-refractivity contribution in [2.24, 2.45) is 11.8 Å². The van der Waals surface area contributed by atoms with Crippen LogP contribution in [0.2, 0.25) is 5.02 Å². The molecule has 0 aliphatic rings. The second-order valence-electron chi connectivity index (χ2n) is 5.19. The normalized spacial score (nSPS) is 14.2. The maximum absolute atomic E-state index is 6.42. The Morgan fingerprint density at radius 2 is 1.55 bits per heavy atom. The molecular formula is C16H24BrClO2. The van der Waals surface area contributed by atoms with Crippen LogP contribution in [0.4, 0.5) is 0 Å². The van der Waals surface area contributed by atoms with E-state index in [4.69, 9.17) is 21.1 Å². The molecule has 2 atom stereocenters. The lowest BCUT2D eigenvalue weighted by Gasteiger charge is -2.24. The molecule has 1 rings (SSSR count). The van der Waals surface area contributed by atoms with E-state index < -0.39 is 0 Å². The molecule has 0 saturated carbocycles. The predicted molar refractivity (Wildman–Crippen MR) is 89.5 cm³/mol. The molecule has 0 N–H and O–H groups in total. The smallest absolute Gasteiger partial charge is 0.162 e. The van der Waals surface area contributed by atoms with E-state index >= 15 is 0 Å². The number of halogens is 2. The third-order valence-corrected chi connectivity index (χ3v) is 5.13. The van der Waals surface area contributed by atoms with Crippen LogP contribution in [0.3, 0.4) is 0 Å². The van der Waals surface area contributed by atoms with Crippen LogP contribution in [0.5, 0.6) is 11.5 Å². The van der Waals surface area contributed by atoms with Gasteiger partial charge in [-0.25, -0.2) is 0 Å². The van der Waals surface area contributed by atoms with E-state index in [-0.39, 0.29) is 4.83 Å². The summed E-state index contributed by atoms with van der Waals surface area (Å²) < 4.78 is 11.3. The molecule has 0 aliphatic carbocycles. The van der Waals surface area contributed by atoms with E-state index in [0.717, 1.165) is 11.3 Å². The monoisotopic (exact) mass is 362 g/mol. The zero-order valence-corrected chi connectivity index (χ0v) is 15.2. The Morgan fingerprint density at radius 1 is 1.05 bits per heavy atom. The minimum absolute atomic E-state index is 0.199. The van der Waals surface area contributed by atoms with Gasteiger partial charge < -0.3 is 9.47 Å². The van der Waals surface area contributed by atoms with Crippen molar-refractivity contribution in [1.29, 1.82) is 0 Å². The lowest BCUT2D eigenvalue weighted by atomic mass is 9.91. The molecule has 2 unspecified atom stereocenters. The van der Waals surface area contributed by atoms with Crippen molar-refractivity contribution >= 4 is 27.5 Å². The largest absolute Gasteiger partial charge is 0.490 e. The summed E-state index contributed by atoms with van der Waals surface area (Å²) in [5.74, 6) is 2.51. The highest BCUT2D eigenvalue weighted by Gasteiger charge is 2.23. The third-order valence-electron chi connectivity index (χ3n) is 3.47. The quantitative estimate of drug-likeness (QED) is 0.564. The minimum Gasteiger partial charge on any atom is -0.490 e. The van der Waals surface area contributed by atoms with Crippen molar-refractivity contribution in [2.45, 2.75) is 39.4 Å². The fourth-order valence-electron chi connectivity index (χ4n) is 1.92. The van der Waals surface area contributed by atoms with Crippen LogP contribution in [0.15, 0.2) is 12.1 Å². The van der Waals surface area contributed by atoms with Crippen molar-refractivity contribution < 1.29 is 9.47 Å². The molecule has 0 heterocycles. The summed E-state index contributed by atoms with van der Waals surface area (Å²) in [6.07, 6.45) is 0. The van der Waals surface area contributed by atoms with Crippen molar-refractivity contribution in [3.63, 3.8) is 0 Å². The van der Waals surface area contributed by atoms with Gasteiger partial charge in [0.2, 0.25) is 0 Å². The van der Waals surface area contributed by atoms with Crippen LogP contribution in [-0.2, 0) is 0 Å². The van der Waals surface area contributed by atoms with Crippen LogP contribution in [-0.4, -0.2) is 13.2 Å². The van der Waals surface area contributed by atoms with Crippen molar-refractivity contribution in [3.8, 4) is 11.5 Å². The summed E-state index contributed by atoms with van der Waals surface area (Å²) in [5.41, 5.74) is 1.06. The molecule has 2 nitrogen and oxygen atoms in total. The number of benzene rings is 1. The Kier molecular flexibility index (Phi) is 7.18. The molecule has 1 aromatic carbocycles. The molecule has 1 aromatic rings. The lowest BCUT2D eigenvalue weighted by Crippen LogP contribution is -2.11. The highest BCUT2D eigenvalue weighted by Crippen LogP contribution is 2.43. The first-order chi connectivity index (χ1) is 9.42. The highest BCUT2D eigenvalue weighted by molar-refractivity contribution is 9.09. The summed E-state index contributed by atoms with van der Waals surface area (Å²) in [6.45, 7) is 11.8. The molecule has 0 saturated heterocycles. The van der Waals surface area contributed by atoms with Gasteiger partial charge in [-0.1, -0.05) is 48.3 Å². The molecule has 0 radical (unpaired) electrons. The second kappa shape index (κ2) is 8.14. The summed E-state index contributed by atoms with van der Waals surface area (Å²) >= 11 is 10.2. The number of ether oxygens (including phenoxy) is 2. The standard InChI is InChI=1S/C16H24BrClO2/c1-6-19-14-8-12(16(17)11(5)10(3)4)13(18)9-15(14)20-7-2/h8-11,16H,6-7H2,1-5H3. The van der Waals surface area contributed by atoms with Crippen LogP contribution in [0.25, 0.3) is 0 Å². The average molecular weight is 364 g/mol. The molecule has 0 spiro atoms. The summed E-state index contributed by atoms with van der Waals surface area (Å²) in [5, 5.41) is 0.714. The van der Waals surface area contributed by atoms with Crippen LogP contribution in [0, 0.1) is 11.8 Å². The van der Waals surface area contributed by atoms with E-state index in [2.05, 4.69) is 36.7 Å². The van der Waals surface area contributed by atoms with Gasteiger partial charge in [0.1, 0.15) is 0 Å².